The van der Waals surface area contributed by atoms with E-state index >= 15 is 0 Å². The van der Waals surface area contributed by atoms with Crippen molar-refractivity contribution in [1.82, 2.24) is 9.55 Å². The van der Waals surface area contributed by atoms with Crippen molar-refractivity contribution in [2.24, 2.45) is 0 Å². The van der Waals surface area contributed by atoms with Crippen molar-refractivity contribution in [3.8, 4) is 5.82 Å². The molecule has 0 aliphatic heterocycles. The van der Waals surface area contributed by atoms with Gasteiger partial charge in [0.1, 0.15) is 5.82 Å². The Morgan fingerprint density at radius 3 is 2.65 bits per heavy atom. The van der Waals surface area contributed by atoms with E-state index in [9.17, 15) is 4.79 Å². The minimum Gasteiger partial charge on any atom is -0.269 e. The minimum atomic E-state index is 0.0317. The summed E-state index contributed by atoms with van der Waals surface area (Å²) >= 11 is 0. The van der Waals surface area contributed by atoms with Gasteiger partial charge in [-0.25, -0.2) is 4.98 Å². The van der Waals surface area contributed by atoms with Crippen molar-refractivity contribution in [2.45, 2.75) is 44.9 Å². The van der Waals surface area contributed by atoms with Crippen molar-refractivity contribution in [2.75, 3.05) is 0 Å². The van der Waals surface area contributed by atoms with E-state index in [2.05, 4.69) is 11.1 Å². The molecule has 0 spiro atoms. The zero-order valence-electron chi connectivity index (χ0n) is 11.9. The molecular weight excluding hydrogens is 248 g/mol. The Morgan fingerprint density at radius 1 is 1.15 bits per heavy atom. The van der Waals surface area contributed by atoms with Crippen LogP contribution in [0.4, 0.5) is 0 Å². The summed E-state index contributed by atoms with van der Waals surface area (Å²) in [5, 5.41) is 0. The van der Waals surface area contributed by atoms with Crippen LogP contribution in [0.25, 0.3) is 5.82 Å². The zero-order valence-corrected chi connectivity index (χ0v) is 11.9. The monoisotopic (exact) mass is 268 g/mol. The van der Waals surface area contributed by atoms with E-state index in [-0.39, 0.29) is 5.56 Å². The van der Waals surface area contributed by atoms with Crippen molar-refractivity contribution in [3.63, 3.8) is 0 Å². The standard InChI is InChI=1S/C17H20N2O/c1-13-11-15(14-7-3-2-4-8-14)19(17(20)12-13)16-9-5-6-10-18-16/h5-6,9-12,14H,2-4,7-8H2,1H3. The van der Waals surface area contributed by atoms with Gasteiger partial charge in [0.25, 0.3) is 5.56 Å². The molecule has 0 N–H and O–H groups in total. The molecule has 20 heavy (non-hydrogen) atoms. The molecule has 3 rings (SSSR count). The molecular formula is C17H20N2O. The van der Waals surface area contributed by atoms with E-state index in [0.717, 1.165) is 17.1 Å². The quantitative estimate of drug-likeness (QED) is 0.834. The van der Waals surface area contributed by atoms with Crippen LogP contribution in [0.5, 0.6) is 0 Å². The number of aromatic nitrogens is 2. The van der Waals surface area contributed by atoms with Gasteiger partial charge in [-0.1, -0.05) is 25.3 Å². The third-order valence-corrected chi connectivity index (χ3v) is 4.11. The van der Waals surface area contributed by atoms with Gasteiger partial charge in [-0.15, -0.1) is 0 Å². The first-order valence-electron chi connectivity index (χ1n) is 7.41. The fraction of sp³-hybridized carbons (Fsp3) is 0.412. The molecule has 2 aromatic heterocycles. The number of aryl methyl sites for hydroxylation is 1. The maximum atomic E-state index is 12.4. The van der Waals surface area contributed by atoms with Crippen LogP contribution in [0.2, 0.25) is 0 Å². The summed E-state index contributed by atoms with van der Waals surface area (Å²) in [4.78, 5) is 16.8. The first kappa shape index (κ1) is 13.1. The average Bonchev–Trinajstić information content (AvgIpc) is 2.48. The molecule has 3 heteroatoms. The van der Waals surface area contributed by atoms with Crippen molar-refractivity contribution in [1.29, 1.82) is 0 Å². The van der Waals surface area contributed by atoms with Gasteiger partial charge in [0.05, 0.1) is 0 Å². The molecule has 0 atom stereocenters. The molecule has 0 radical (unpaired) electrons. The Hall–Kier alpha value is -1.90. The van der Waals surface area contributed by atoms with Crippen LogP contribution in [0.1, 0.15) is 49.3 Å². The summed E-state index contributed by atoms with van der Waals surface area (Å²) in [5.41, 5.74) is 2.21. The first-order chi connectivity index (χ1) is 9.75. The van der Waals surface area contributed by atoms with Gasteiger partial charge in [0.15, 0.2) is 0 Å². The second-order valence-corrected chi connectivity index (χ2v) is 5.65. The highest BCUT2D eigenvalue weighted by molar-refractivity contribution is 5.31. The molecule has 104 valence electrons. The van der Waals surface area contributed by atoms with Crippen molar-refractivity contribution in [3.05, 3.63) is 58.1 Å². The second-order valence-electron chi connectivity index (χ2n) is 5.65. The van der Waals surface area contributed by atoms with Crippen molar-refractivity contribution >= 4 is 0 Å². The minimum absolute atomic E-state index is 0.0317. The molecule has 0 aromatic carbocycles. The maximum absolute atomic E-state index is 12.4. The molecule has 0 bridgehead atoms. The fourth-order valence-corrected chi connectivity index (χ4v) is 3.16. The summed E-state index contributed by atoms with van der Waals surface area (Å²) in [6.45, 7) is 2.00. The highest BCUT2D eigenvalue weighted by Crippen LogP contribution is 2.33. The Bertz CT molecular complexity index is 640. The molecule has 1 saturated carbocycles. The molecule has 2 aromatic rings. The summed E-state index contributed by atoms with van der Waals surface area (Å²) in [5.74, 6) is 1.22. The number of rotatable bonds is 2. The Labute approximate surface area is 119 Å². The third-order valence-electron chi connectivity index (χ3n) is 4.11. The zero-order chi connectivity index (χ0) is 13.9. The van der Waals surface area contributed by atoms with E-state index in [1.54, 1.807) is 16.8 Å². The Balaban J connectivity index is 2.14. The van der Waals surface area contributed by atoms with Crippen LogP contribution in [0, 0.1) is 6.92 Å². The molecule has 0 amide bonds. The molecule has 3 nitrogen and oxygen atoms in total. The normalized spacial score (nSPS) is 16.2. The van der Waals surface area contributed by atoms with E-state index < -0.39 is 0 Å². The summed E-state index contributed by atoms with van der Waals surface area (Å²) < 4.78 is 1.79. The van der Waals surface area contributed by atoms with Gasteiger partial charge in [-0.05, 0) is 49.4 Å². The first-order valence-corrected chi connectivity index (χ1v) is 7.41. The highest BCUT2D eigenvalue weighted by Gasteiger charge is 2.20. The van der Waals surface area contributed by atoms with E-state index in [1.807, 2.05) is 25.1 Å². The van der Waals surface area contributed by atoms with Gasteiger partial charge < -0.3 is 0 Å². The molecule has 1 aliphatic rings. The lowest BCUT2D eigenvalue weighted by molar-refractivity contribution is 0.430. The maximum Gasteiger partial charge on any atom is 0.256 e. The number of hydrogen-bond acceptors (Lipinski definition) is 2. The van der Waals surface area contributed by atoms with Gasteiger partial charge in [-0.3, -0.25) is 9.36 Å². The SMILES string of the molecule is Cc1cc(C2CCCCC2)n(-c2ccccn2)c(=O)c1. The predicted molar refractivity (Wildman–Crippen MR) is 80.4 cm³/mol. The van der Waals surface area contributed by atoms with Crippen LogP contribution in [0.3, 0.4) is 0 Å². The molecule has 0 unspecified atom stereocenters. The van der Waals surface area contributed by atoms with Crippen LogP contribution in [-0.2, 0) is 0 Å². The smallest absolute Gasteiger partial charge is 0.256 e. The van der Waals surface area contributed by atoms with Crippen LogP contribution in [-0.4, -0.2) is 9.55 Å². The van der Waals surface area contributed by atoms with Crippen molar-refractivity contribution < 1.29 is 0 Å². The fourth-order valence-electron chi connectivity index (χ4n) is 3.16. The largest absolute Gasteiger partial charge is 0.269 e. The van der Waals surface area contributed by atoms with Gasteiger partial charge in [0, 0.05) is 18.0 Å². The summed E-state index contributed by atoms with van der Waals surface area (Å²) in [7, 11) is 0. The predicted octanol–water partition coefficient (Wildman–Crippen LogP) is 3.59. The van der Waals surface area contributed by atoms with Gasteiger partial charge in [-0.2, -0.15) is 0 Å². The topological polar surface area (TPSA) is 34.9 Å². The van der Waals surface area contributed by atoms with E-state index in [0.29, 0.717) is 5.92 Å². The summed E-state index contributed by atoms with van der Waals surface area (Å²) in [6.07, 6.45) is 7.93. The molecule has 0 saturated heterocycles. The Kier molecular flexibility index (Phi) is 3.68. The number of nitrogens with zero attached hydrogens (tertiary/aromatic N) is 2. The second kappa shape index (κ2) is 5.61. The van der Waals surface area contributed by atoms with E-state index in [1.165, 1.54) is 32.1 Å². The highest BCUT2D eigenvalue weighted by atomic mass is 16.1. The number of pyridine rings is 2. The van der Waals surface area contributed by atoms with E-state index in [4.69, 9.17) is 0 Å². The molecule has 2 heterocycles. The molecule has 1 fully saturated rings. The van der Waals surface area contributed by atoms with Crippen LogP contribution < -0.4 is 5.56 Å². The third kappa shape index (κ3) is 2.53. The lowest BCUT2D eigenvalue weighted by atomic mass is 9.86. The Morgan fingerprint density at radius 2 is 1.95 bits per heavy atom. The lowest BCUT2D eigenvalue weighted by Gasteiger charge is -2.25. The van der Waals surface area contributed by atoms with Crippen LogP contribution in [0.15, 0.2) is 41.3 Å². The molecule has 1 aliphatic carbocycles. The average molecular weight is 268 g/mol. The van der Waals surface area contributed by atoms with Gasteiger partial charge >= 0.3 is 0 Å². The number of hydrogen-bond donors (Lipinski definition) is 0. The van der Waals surface area contributed by atoms with Crippen LogP contribution >= 0.6 is 0 Å². The summed E-state index contributed by atoms with van der Waals surface area (Å²) in [6, 6.07) is 9.57. The lowest BCUT2D eigenvalue weighted by Crippen LogP contribution is -2.25. The van der Waals surface area contributed by atoms with Gasteiger partial charge in [0.2, 0.25) is 0 Å².